The fraction of sp³-hybridized carbons (Fsp3) is 0.273. The molecule has 2 N–H and O–H groups in total. The van der Waals surface area contributed by atoms with Gasteiger partial charge in [0.15, 0.2) is 0 Å². The molecule has 0 bridgehead atoms. The first-order valence-corrected chi connectivity index (χ1v) is 4.95. The summed E-state index contributed by atoms with van der Waals surface area (Å²) in [7, 11) is 0. The number of nitriles is 1. The van der Waals surface area contributed by atoms with Crippen molar-refractivity contribution in [1.82, 2.24) is 15.0 Å². The molecule has 2 aromatic rings. The van der Waals surface area contributed by atoms with Gasteiger partial charge in [-0.2, -0.15) is 5.26 Å². The minimum atomic E-state index is -0.329. The third-order valence-electron chi connectivity index (χ3n) is 2.88. The molecule has 2 heterocycles. The molecule has 1 aliphatic rings. The van der Waals surface area contributed by atoms with E-state index in [2.05, 4.69) is 21.0 Å². The van der Waals surface area contributed by atoms with Gasteiger partial charge in [0.1, 0.15) is 11.2 Å². The van der Waals surface area contributed by atoms with Gasteiger partial charge in [-0.25, -0.2) is 4.98 Å². The summed E-state index contributed by atoms with van der Waals surface area (Å²) in [6.45, 7) is 0. The van der Waals surface area contributed by atoms with Gasteiger partial charge in [-0.15, -0.1) is 0 Å². The lowest BCUT2D eigenvalue weighted by Gasteiger charge is -1.98. The molecule has 4 nitrogen and oxygen atoms in total. The Hall–Kier alpha value is -2.02. The van der Waals surface area contributed by atoms with E-state index >= 15 is 0 Å². The molecule has 74 valence electrons. The van der Waals surface area contributed by atoms with E-state index in [-0.39, 0.29) is 5.41 Å². The van der Waals surface area contributed by atoms with Crippen molar-refractivity contribution >= 4 is 0 Å². The van der Waals surface area contributed by atoms with Crippen LogP contribution in [0, 0.1) is 11.3 Å². The van der Waals surface area contributed by atoms with E-state index < -0.39 is 0 Å². The summed E-state index contributed by atoms with van der Waals surface area (Å²) >= 11 is 0. The maximum atomic E-state index is 9.03. The van der Waals surface area contributed by atoms with Crippen LogP contribution in [0.15, 0.2) is 24.5 Å². The third-order valence-corrected chi connectivity index (χ3v) is 2.88. The third kappa shape index (κ3) is 1.17. The molecule has 0 aromatic carbocycles. The van der Waals surface area contributed by atoms with Gasteiger partial charge >= 0.3 is 0 Å². The molecule has 3 rings (SSSR count). The average Bonchev–Trinajstić information content (AvgIpc) is 2.74. The van der Waals surface area contributed by atoms with Gasteiger partial charge in [0, 0.05) is 6.20 Å². The molecule has 1 aliphatic carbocycles. The van der Waals surface area contributed by atoms with Crippen molar-refractivity contribution in [3.63, 3.8) is 0 Å². The van der Waals surface area contributed by atoms with Crippen LogP contribution in [0.25, 0.3) is 11.4 Å². The lowest BCUT2D eigenvalue weighted by Crippen LogP contribution is -2.04. The van der Waals surface area contributed by atoms with Crippen molar-refractivity contribution in [1.29, 1.82) is 5.26 Å². The molecular formula is C11H10N4. The summed E-state index contributed by atoms with van der Waals surface area (Å²) < 4.78 is 0. The van der Waals surface area contributed by atoms with Crippen LogP contribution in [0.4, 0.5) is 0 Å². The van der Waals surface area contributed by atoms with E-state index in [9.17, 15) is 0 Å². The fourth-order valence-corrected chi connectivity index (χ4v) is 1.73. The summed E-state index contributed by atoms with van der Waals surface area (Å²) in [5, 5.41) is 9.03. The van der Waals surface area contributed by atoms with Gasteiger partial charge in [-0.3, -0.25) is 0 Å². The van der Waals surface area contributed by atoms with Gasteiger partial charge in [0.2, 0.25) is 0 Å². The van der Waals surface area contributed by atoms with Crippen molar-refractivity contribution in [2.45, 2.75) is 18.3 Å². The second-order valence-corrected chi connectivity index (χ2v) is 3.92. The Labute approximate surface area is 87.0 Å². The molecule has 0 saturated heterocycles. The van der Waals surface area contributed by atoms with E-state index in [1.165, 1.54) is 0 Å². The van der Waals surface area contributed by atoms with E-state index in [0.717, 1.165) is 30.1 Å². The van der Waals surface area contributed by atoms with Crippen LogP contribution < -0.4 is 0 Å². The molecule has 0 atom stereocenters. The second-order valence-electron chi connectivity index (χ2n) is 3.92. The zero-order valence-electron chi connectivity index (χ0n) is 8.12. The fourth-order valence-electron chi connectivity index (χ4n) is 1.73. The van der Waals surface area contributed by atoms with Gasteiger partial charge in [-0.05, 0) is 25.0 Å². The number of aromatic nitrogens is 3. The van der Waals surface area contributed by atoms with Crippen LogP contribution in [0.2, 0.25) is 0 Å². The predicted molar refractivity (Wildman–Crippen MR) is 54.9 cm³/mol. The van der Waals surface area contributed by atoms with Crippen LogP contribution in [0.1, 0.15) is 18.7 Å². The van der Waals surface area contributed by atoms with E-state index in [1.807, 2.05) is 18.3 Å². The SMILES string of the molecule is N#CC1(c2ncc(-c3ccc[nH]3)[nH]2)CC1. The summed E-state index contributed by atoms with van der Waals surface area (Å²) in [5.74, 6) is 0.801. The number of imidazole rings is 1. The van der Waals surface area contributed by atoms with Crippen molar-refractivity contribution in [3.05, 3.63) is 30.4 Å². The molecule has 4 heteroatoms. The van der Waals surface area contributed by atoms with Crippen LogP contribution >= 0.6 is 0 Å². The van der Waals surface area contributed by atoms with Gasteiger partial charge < -0.3 is 9.97 Å². The summed E-state index contributed by atoms with van der Waals surface area (Å²) in [4.78, 5) is 10.6. The minimum absolute atomic E-state index is 0.329. The smallest absolute Gasteiger partial charge is 0.127 e. The van der Waals surface area contributed by atoms with E-state index in [1.54, 1.807) is 6.20 Å². The van der Waals surface area contributed by atoms with Crippen molar-refractivity contribution < 1.29 is 0 Å². The maximum absolute atomic E-state index is 9.03. The molecule has 1 saturated carbocycles. The van der Waals surface area contributed by atoms with Gasteiger partial charge in [0.05, 0.1) is 23.7 Å². The summed E-state index contributed by atoms with van der Waals surface area (Å²) in [5.41, 5.74) is 1.62. The summed E-state index contributed by atoms with van der Waals surface area (Å²) in [6, 6.07) is 6.24. The first-order valence-electron chi connectivity index (χ1n) is 4.95. The molecular weight excluding hydrogens is 188 g/mol. The number of nitrogens with one attached hydrogen (secondary N) is 2. The average molecular weight is 198 g/mol. The minimum Gasteiger partial charge on any atom is -0.360 e. The predicted octanol–water partition coefficient (Wildman–Crippen LogP) is 1.96. The highest BCUT2D eigenvalue weighted by atomic mass is 15.0. The molecule has 15 heavy (non-hydrogen) atoms. The van der Waals surface area contributed by atoms with Gasteiger partial charge in [0.25, 0.3) is 0 Å². The first-order chi connectivity index (χ1) is 7.34. The molecule has 0 amide bonds. The number of aromatic amines is 2. The Morgan fingerprint density at radius 2 is 2.27 bits per heavy atom. The maximum Gasteiger partial charge on any atom is 0.127 e. The van der Waals surface area contributed by atoms with E-state index in [0.29, 0.717) is 0 Å². The lowest BCUT2D eigenvalue weighted by molar-refractivity contribution is 0.821. The second kappa shape index (κ2) is 2.74. The quantitative estimate of drug-likeness (QED) is 0.774. The zero-order valence-corrected chi connectivity index (χ0v) is 8.12. The number of nitrogens with zero attached hydrogens (tertiary/aromatic N) is 2. The monoisotopic (exact) mass is 198 g/mol. The molecule has 2 aromatic heterocycles. The highest BCUT2D eigenvalue weighted by molar-refractivity contribution is 5.54. The lowest BCUT2D eigenvalue weighted by atomic mass is 10.1. The largest absolute Gasteiger partial charge is 0.360 e. The Morgan fingerprint density at radius 3 is 2.87 bits per heavy atom. The van der Waals surface area contributed by atoms with Crippen molar-refractivity contribution in [2.24, 2.45) is 0 Å². The molecule has 0 spiro atoms. The number of rotatable bonds is 2. The normalized spacial score (nSPS) is 17.3. The topological polar surface area (TPSA) is 68.3 Å². The van der Waals surface area contributed by atoms with Crippen LogP contribution in [-0.2, 0) is 5.41 Å². The number of H-pyrrole nitrogens is 2. The molecule has 0 radical (unpaired) electrons. The molecule has 0 aliphatic heterocycles. The Balaban J connectivity index is 1.99. The van der Waals surface area contributed by atoms with Crippen LogP contribution in [-0.4, -0.2) is 15.0 Å². The van der Waals surface area contributed by atoms with Crippen LogP contribution in [0.5, 0.6) is 0 Å². The first kappa shape index (κ1) is 8.30. The Bertz CT molecular complexity index is 511. The van der Waals surface area contributed by atoms with Crippen LogP contribution in [0.3, 0.4) is 0 Å². The number of hydrogen-bond acceptors (Lipinski definition) is 2. The number of hydrogen-bond donors (Lipinski definition) is 2. The van der Waals surface area contributed by atoms with Crippen molar-refractivity contribution in [2.75, 3.05) is 0 Å². The highest BCUT2D eigenvalue weighted by Gasteiger charge is 2.47. The molecule has 0 unspecified atom stereocenters. The standard InChI is InChI=1S/C11H10N4/c12-7-11(3-4-11)10-14-6-9(15-10)8-2-1-5-13-8/h1-2,5-6,13H,3-4H2,(H,14,15). The zero-order chi connectivity index (χ0) is 10.3. The Morgan fingerprint density at radius 1 is 1.40 bits per heavy atom. The van der Waals surface area contributed by atoms with E-state index in [4.69, 9.17) is 5.26 Å². The molecule has 1 fully saturated rings. The Kier molecular flexibility index (Phi) is 1.51. The highest BCUT2D eigenvalue weighted by Crippen LogP contribution is 2.46. The summed E-state index contributed by atoms with van der Waals surface area (Å²) in [6.07, 6.45) is 5.48. The van der Waals surface area contributed by atoms with Crippen molar-refractivity contribution in [3.8, 4) is 17.5 Å². The van der Waals surface area contributed by atoms with Gasteiger partial charge in [-0.1, -0.05) is 0 Å².